The number of fused-ring (bicyclic) bond motifs is 1. The van der Waals surface area contributed by atoms with Crippen molar-refractivity contribution in [2.24, 2.45) is 0 Å². The van der Waals surface area contributed by atoms with Crippen LogP contribution in [0.4, 0.5) is 5.69 Å². The molecule has 0 fully saturated rings. The van der Waals surface area contributed by atoms with Crippen molar-refractivity contribution in [3.8, 4) is 6.07 Å². The molecule has 0 unspecified atom stereocenters. The Kier molecular flexibility index (Phi) is 5.79. The first-order valence-electron chi connectivity index (χ1n) is 8.15. The number of hydrogen-bond donors (Lipinski definition) is 1. The van der Waals surface area contributed by atoms with Gasteiger partial charge in [0, 0.05) is 11.6 Å². The number of nitrogens with zero attached hydrogens (tertiary/aromatic N) is 3. The van der Waals surface area contributed by atoms with Crippen molar-refractivity contribution in [3.05, 3.63) is 63.4 Å². The van der Waals surface area contributed by atoms with Gasteiger partial charge < -0.3 is 5.32 Å². The molecule has 136 valence electrons. The van der Waals surface area contributed by atoms with E-state index in [1.807, 2.05) is 19.1 Å². The lowest BCUT2D eigenvalue weighted by Crippen LogP contribution is -2.23. The van der Waals surface area contributed by atoms with E-state index in [2.05, 4.69) is 10.3 Å². The molecular weight excluding hydrogens is 384 g/mol. The van der Waals surface area contributed by atoms with Gasteiger partial charge in [0.15, 0.2) is 5.16 Å². The maximum absolute atomic E-state index is 12.6. The highest BCUT2D eigenvalue weighted by molar-refractivity contribution is 7.99. The summed E-state index contributed by atoms with van der Waals surface area (Å²) in [6.07, 6.45) is 0. The molecule has 0 spiro atoms. The summed E-state index contributed by atoms with van der Waals surface area (Å²) in [5.41, 5.74) is 1.14. The number of carbonyl (C=O) groups excluding carboxylic acids is 1. The minimum absolute atomic E-state index is 0.0438. The number of nitrogens with one attached hydrogen (secondary N) is 1. The highest BCUT2D eigenvalue weighted by atomic mass is 35.5. The number of halogens is 1. The maximum Gasteiger partial charge on any atom is 0.262 e. The quantitative estimate of drug-likeness (QED) is 0.523. The van der Waals surface area contributed by atoms with E-state index in [1.54, 1.807) is 34.9 Å². The highest BCUT2D eigenvalue weighted by Gasteiger charge is 2.13. The van der Waals surface area contributed by atoms with Crippen LogP contribution in [0.25, 0.3) is 10.9 Å². The molecule has 0 saturated carbocycles. The number of thioether (sulfide) groups is 1. The van der Waals surface area contributed by atoms with E-state index >= 15 is 0 Å². The number of hydrogen-bond acceptors (Lipinski definition) is 5. The van der Waals surface area contributed by atoms with Gasteiger partial charge in [-0.1, -0.05) is 35.5 Å². The van der Waals surface area contributed by atoms with Crippen molar-refractivity contribution in [1.29, 1.82) is 5.26 Å². The summed E-state index contributed by atoms with van der Waals surface area (Å²) in [6.45, 7) is 2.31. The minimum atomic E-state index is -0.316. The second-order valence-corrected chi connectivity index (χ2v) is 6.98. The van der Waals surface area contributed by atoms with Crippen LogP contribution in [0.5, 0.6) is 0 Å². The summed E-state index contributed by atoms with van der Waals surface area (Å²) in [4.78, 5) is 29.4. The van der Waals surface area contributed by atoms with Crippen molar-refractivity contribution in [1.82, 2.24) is 9.55 Å². The van der Waals surface area contributed by atoms with Gasteiger partial charge >= 0.3 is 0 Å². The number of carbonyl (C=O) groups is 1. The summed E-state index contributed by atoms with van der Waals surface area (Å²) < 4.78 is 1.54. The average Bonchev–Trinajstić information content (AvgIpc) is 2.67. The van der Waals surface area contributed by atoms with Crippen LogP contribution in [0.1, 0.15) is 12.5 Å². The van der Waals surface area contributed by atoms with Gasteiger partial charge in [0.1, 0.15) is 6.07 Å². The topological polar surface area (TPSA) is 87.8 Å². The van der Waals surface area contributed by atoms with Crippen LogP contribution in [0, 0.1) is 11.3 Å². The van der Waals surface area contributed by atoms with Crippen molar-refractivity contribution in [2.45, 2.75) is 18.6 Å². The highest BCUT2D eigenvalue weighted by Crippen LogP contribution is 2.22. The van der Waals surface area contributed by atoms with Crippen LogP contribution in [-0.2, 0) is 11.3 Å². The number of anilines is 1. The Morgan fingerprint density at radius 3 is 2.85 bits per heavy atom. The fraction of sp³-hybridized carbons (Fsp3) is 0.158. The monoisotopic (exact) mass is 398 g/mol. The molecule has 0 bridgehead atoms. The van der Waals surface area contributed by atoms with Gasteiger partial charge in [0.25, 0.3) is 5.56 Å². The van der Waals surface area contributed by atoms with Crippen molar-refractivity contribution < 1.29 is 4.79 Å². The predicted molar refractivity (Wildman–Crippen MR) is 107 cm³/mol. The van der Waals surface area contributed by atoms with Crippen LogP contribution in [0.15, 0.2) is 52.4 Å². The van der Waals surface area contributed by atoms with Crippen molar-refractivity contribution >= 4 is 45.9 Å². The molecule has 3 rings (SSSR count). The molecule has 1 aromatic heterocycles. The molecule has 6 nitrogen and oxygen atoms in total. The molecule has 27 heavy (non-hydrogen) atoms. The predicted octanol–water partition coefficient (Wildman–Crippen LogP) is 3.67. The first-order chi connectivity index (χ1) is 13.0. The van der Waals surface area contributed by atoms with Gasteiger partial charge in [-0.2, -0.15) is 5.26 Å². The van der Waals surface area contributed by atoms with Gasteiger partial charge in [-0.25, -0.2) is 4.98 Å². The van der Waals surface area contributed by atoms with E-state index < -0.39 is 0 Å². The van der Waals surface area contributed by atoms with Gasteiger partial charge in [-0.05, 0) is 37.3 Å². The molecule has 1 N–H and O–H groups in total. The summed E-state index contributed by atoms with van der Waals surface area (Å²) in [5.74, 6) is -0.272. The molecule has 2 aromatic carbocycles. The molecule has 0 saturated heterocycles. The van der Waals surface area contributed by atoms with Crippen LogP contribution < -0.4 is 10.9 Å². The molecule has 0 aliphatic rings. The Bertz CT molecular complexity index is 1120. The number of aromatic nitrogens is 2. The smallest absolute Gasteiger partial charge is 0.262 e. The summed E-state index contributed by atoms with van der Waals surface area (Å²) in [7, 11) is 0. The van der Waals surface area contributed by atoms with E-state index in [9.17, 15) is 9.59 Å². The van der Waals surface area contributed by atoms with Gasteiger partial charge in [-0.15, -0.1) is 0 Å². The third-order valence-electron chi connectivity index (χ3n) is 3.85. The summed E-state index contributed by atoms with van der Waals surface area (Å²) >= 11 is 7.10. The van der Waals surface area contributed by atoms with Crippen molar-refractivity contribution in [2.75, 3.05) is 11.1 Å². The zero-order valence-electron chi connectivity index (χ0n) is 14.4. The zero-order valence-corrected chi connectivity index (χ0v) is 16.0. The molecule has 0 aliphatic carbocycles. The normalized spacial score (nSPS) is 10.6. The molecule has 3 aromatic rings. The lowest BCUT2D eigenvalue weighted by Gasteiger charge is -2.11. The zero-order chi connectivity index (χ0) is 19.4. The summed E-state index contributed by atoms with van der Waals surface area (Å²) in [5, 5.41) is 13.3. The Morgan fingerprint density at radius 1 is 1.33 bits per heavy atom. The van der Waals surface area contributed by atoms with Gasteiger partial charge in [-0.3, -0.25) is 14.2 Å². The molecule has 1 amide bonds. The minimum Gasteiger partial charge on any atom is -0.324 e. The van der Waals surface area contributed by atoms with Crippen LogP contribution in [-0.4, -0.2) is 21.2 Å². The molecular formula is C19H15ClN4O2S. The number of para-hydroxylation sites is 1. The largest absolute Gasteiger partial charge is 0.324 e. The molecule has 0 radical (unpaired) electrons. The van der Waals surface area contributed by atoms with Crippen LogP contribution in [0.2, 0.25) is 5.02 Å². The van der Waals surface area contributed by atoms with E-state index in [0.29, 0.717) is 38.9 Å². The lowest BCUT2D eigenvalue weighted by molar-refractivity contribution is -0.113. The van der Waals surface area contributed by atoms with E-state index in [0.717, 1.165) is 0 Å². The Hall–Kier alpha value is -2.82. The number of nitriles is 1. The molecule has 0 aliphatic heterocycles. The van der Waals surface area contributed by atoms with E-state index in [-0.39, 0.29) is 17.2 Å². The lowest BCUT2D eigenvalue weighted by atomic mass is 10.2. The SMILES string of the molecule is CCn1c(SCC(=O)Nc2cc(Cl)ccc2C#N)nc2ccccc2c1=O. The first-order valence-corrected chi connectivity index (χ1v) is 9.51. The Balaban J connectivity index is 1.81. The number of benzene rings is 2. The third kappa shape index (κ3) is 4.13. The third-order valence-corrected chi connectivity index (χ3v) is 5.06. The maximum atomic E-state index is 12.6. The van der Waals surface area contributed by atoms with Crippen LogP contribution >= 0.6 is 23.4 Å². The Labute approximate surface area is 164 Å². The average molecular weight is 399 g/mol. The summed E-state index contributed by atoms with van der Waals surface area (Å²) in [6, 6.07) is 13.8. The standard InChI is InChI=1S/C19H15ClN4O2S/c1-2-24-18(26)14-5-3-4-6-15(14)23-19(24)27-11-17(25)22-16-9-13(20)8-7-12(16)10-21/h3-9H,2,11H2,1H3,(H,22,25). The molecule has 1 heterocycles. The number of amides is 1. The molecule has 8 heteroatoms. The van der Waals surface area contributed by atoms with Crippen molar-refractivity contribution in [3.63, 3.8) is 0 Å². The van der Waals surface area contributed by atoms with Gasteiger partial charge in [0.2, 0.25) is 5.91 Å². The van der Waals surface area contributed by atoms with Crippen LogP contribution in [0.3, 0.4) is 0 Å². The Morgan fingerprint density at radius 2 is 2.11 bits per heavy atom. The number of rotatable bonds is 5. The van der Waals surface area contributed by atoms with E-state index in [1.165, 1.54) is 17.8 Å². The van der Waals surface area contributed by atoms with Gasteiger partial charge in [0.05, 0.1) is 27.9 Å². The first kappa shape index (κ1) is 19.0. The fourth-order valence-electron chi connectivity index (χ4n) is 2.57. The van der Waals surface area contributed by atoms with E-state index in [4.69, 9.17) is 16.9 Å². The second kappa shape index (κ2) is 8.25. The molecule has 0 atom stereocenters. The fourth-order valence-corrected chi connectivity index (χ4v) is 3.61. The second-order valence-electron chi connectivity index (χ2n) is 5.60.